The third kappa shape index (κ3) is 4.39. The van der Waals surface area contributed by atoms with Crippen LogP contribution in [0.5, 0.6) is 0 Å². The highest BCUT2D eigenvalue weighted by Gasteiger charge is 2.22. The molecule has 0 aliphatic heterocycles. The normalized spacial score (nSPS) is 13.0. The lowest BCUT2D eigenvalue weighted by Gasteiger charge is -2.23. The Morgan fingerprint density at radius 2 is 1.94 bits per heavy atom. The number of nitrogens with one attached hydrogen (secondary N) is 1. The Balaban J connectivity index is 2.73. The maximum absolute atomic E-state index is 11.8. The maximum Gasteiger partial charge on any atom is 0.328 e. The Kier molecular flexibility index (Phi) is 4.88. The van der Waals surface area contributed by atoms with Crippen molar-refractivity contribution in [3.63, 3.8) is 0 Å². The van der Waals surface area contributed by atoms with Crippen LogP contribution in [0.4, 0.5) is 5.69 Å². The van der Waals surface area contributed by atoms with Crippen molar-refractivity contribution in [2.45, 2.75) is 39.3 Å². The molecule has 0 aliphatic carbocycles. The summed E-state index contributed by atoms with van der Waals surface area (Å²) in [7, 11) is 0. The van der Waals surface area contributed by atoms with E-state index in [9.17, 15) is 4.79 Å². The monoisotopic (exact) mass is 289 g/mol. The molecule has 5 heteroatoms. The van der Waals surface area contributed by atoms with Crippen LogP contribution in [0.3, 0.4) is 0 Å². The van der Waals surface area contributed by atoms with E-state index in [-0.39, 0.29) is 5.97 Å². The van der Waals surface area contributed by atoms with Gasteiger partial charge in [-0.25, -0.2) is 4.79 Å². The molecule has 18 heavy (non-hydrogen) atoms. The SMILES string of the molecule is CC(Nc1cccc(Cl)c1Cl)C(=O)OC(C)(C)C. The number of ether oxygens (including phenoxy) is 1. The zero-order valence-corrected chi connectivity index (χ0v) is 12.4. The Bertz CT molecular complexity index is 441. The second-order valence-corrected chi connectivity index (χ2v) is 5.79. The first-order valence-electron chi connectivity index (χ1n) is 5.64. The third-order valence-corrected chi connectivity index (χ3v) is 2.90. The van der Waals surface area contributed by atoms with E-state index in [2.05, 4.69) is 5.32 Å². The van der Waals surface area contributed by atoms with E-state index in [4.69, 9.17) is 27.9 Å². The molecule has 3 nitrogen and oxygen atoms in total. The van der Waals surface area contributed by atoms with Gasteiger partial charge in [-0.1, -0.05) is 29.3 Å². The second-order valence-electron chi connectivity index (χ2n) is 5.00. The molecule has 0 aromatic heterocycles. The Labute approximate surface area is 117 Å². The average molecular weight is 290 g/mol. The first-order chi connectivity index (χ1) is 8.20. The fraction of sp³-hybridized carbons (Fsp3) is 0.462. The second kappa shape index (κ2) is 5.81. The van der Waals surface area contributed by atoms with Gasteiger partial charge < -0.3 is 10.1 Å². The highest BCUT2D eigenvalue weighted by Crippen LogP contribution is 2.30. The van der Waals surface area contributed by atoms with Gasteiger partial charge in [-0.05, 0) is 39.8 Å². The molecule has 0 aliphatic rings. The van der Waals surface area contributed by atoms with Gasteiger partial charge in [0.05, 0.1) is 15.7 Å². The van der Waals surface area contributed by atoms with Gasteiger partial charge in [-0.15, -0.1) is 0 Å². The van der Waals surface area contributed by atoms with E-state index in [1.54, 1.807) is 25.1 Å². The number of anilines is 1. The van der Waals surface area contributed by atoms with Gasteiger partial charge in [0, 0.05) is 0 Å². The Hall–Kier alpha value is -0.930. The van der Waals surface area contributed by atoms with Crippen molar-refractivity contribution in [2.24, 2.45) is 0 Å². The van der Waals surface area contributed by atoms with Gasteiger partial charge in [0.15, 0.2) is 0 Å². The number of carbonyl (C=O) groups excluding carboxylic acids is 1. The first kappa shape index (κ1) is 15.1. The summed E-state index contributed by atoms with van der Waals surface area (Å²) in [6, 6.07) is 4.71. The topological polar surface area (TPSA) is 38.3 Å². The number of rotatable bonds is 3. The predicted octanol–water partition coefficient (Wildman–Crippen LogP) is 4.14. The Morgan fingerprint density at radius 3 is 2.50 bits per heavy atom. The van der Waals surface area contributed by atoms with E-state index in [0.29, 0.717) is 15.7 Å². The van der Waals surface area contributed by atoms with Gasteiger partial charge in [0.25, 0.3) is 0 Å². The molecule has 0 fully saturated rings. The van der Waals surface area contributed by atoms with Gasteiger partial charge in [0.1, 0.15) is 11.6 Å². The highest BCUT2D eigenvalue weighted by atomic mass is 35.5. The number of halogens is 2. The summed E-state index contributed by atoms with van der Waals surface area (Å²) in [6.45, 7) is 7.18. The zero-order chi connectivity index (χ0) is 13.9. The van der Waals surface area contributed by atoms with E-state index in [0.717, 1.165) is 0 Å². The zero-order valence-electron chi connectivity index (χ0n) is 10.9. The van der Waals surface area contributed by atoms with Crippen LogP contribution in [0.15, 0.2) is 18.2 Å². The van der Waals surface area contributed by atoms with Crippen LogP contribution < -0.4 is 5.32 Å². The molecule has 1 N–H and O–H groups in total. The molecule has 0 saturated carbocycles. The third-order valence-electron chi connectivity index (χ3n) is 2.08. The van der Waals surface area contributed by atoms with Crippen molar-refractivity contribution in [3.05, 3.63) is 28.2 Å². The standard InChI is InChI=1S/C13H17Cl2NO2/c1-8(12(17)18-13(2,3)4)16-10-7-5-6-9(14)11(10)15/h5-8,16H,1-4H3. The molecule has 0 saturated heterocycles. The summed E-state index contributed by atoms with van der Waals surface area (Å²) >= 11 is 11.9. The summed E-state index contributed by atoms with van der Waals surface area (Å²) in [6.07, 6.45) is 0. The van der Waals surface area contributed by atoms with Crippen LogP contribution >= 0.6 is 23.2 Å². The van der Waals surface area contributed by atoms with E-state index in [1.807, 2.05) is 20.8 Å². The largest absolute Gasteiger partial charge is 0.458 e. The fourth-order valence-electron chi connectivity index (χ4n) is 1.30. The summed E-state index contributed by atoms with van der Waals surface area (Å²) in [5, 5.41) is 3.82. The molecule has 0 heterocycles. The van der Waals surface area contributed by atoms with Crippen molar-refractivity contribution < 1.29 is 9.53 Å². The molecule has 0 spiro atoms. The van der Waals surface area contributed by atoms with Crippen LogP contribution in [0.25, 0.3) is 0 Å². The molecule has 0 amide bonds. The van der Waals surface area contributed by atoms with Gasteiger partial charge in [-0.2, -0.15) is 0 Å². The number of hydrogen-bond acceptors (Lipinski definition) is 3. The lowest BCUT2D eigenvalue weighted by Crippen LogP contribution is -2.34. The molecule has 1 atom stereocenters. The lowest BCUT2D eigenvalue weighted by molar-refractivity contribution is -0.155. The van der Waals surface area contributed by atoms with Crippen LogP contribution in [-0.4, -0.2) is 17.6 Å². The van der Waals surface area contributed by atoms with Gasteiger partial charge in [-0.3, -0.25) is 0 Å². The summed E-state index contributed by atoms with van der Waals surface area (Å²) < 4.78 is 5.26. The van der Waals surface area contributed by atoms with Crippen LogP contribution in [0.2, 0.25) is 10.0 Å². The van der Waals surface area contributed by atoms with Crippen molar-refractivity contribution in [3.8, 4) is 0 Å². The minimum atomic E-state index is -0.509. The van der Waals surface area contributed by atoms with E-state index in [1.165, 1.54) is 0 Å². The minimum Gasteiger partial charge on any atom is -0.458 e. The molecule has 0 bridgehead atoms. The number of carbonyl (C=O) groups is 1. The average Bonchev–Trinajstić information content (AvgIpc) is 2.22. The predicted molar refractivity (Wildman–Crippen MR) is 75.4 cm³/mol. The molecule has 1 unspecified atom stereocenters. The molecule has 100 valence electrons. The Morgan fingerprint density at radius 1 is 1.33 bits per heavy atom. The number of hydrogen-bond donors (Lipinski definition) is 1. The molecule has 0 radical (unpaired) electrons. The number of benzene rings is 1. The van der Waals surface area contributed by atoms with E-state index < -0.39 is 11.6 Å². The van der Waals surface area contributed by atoms with Crippen molar-refractivity contribution in [1.29, 1.82) is 0 Å². The van der Waals surface area contributed by atoms with Crippen molar-refractivity contribution >= 4 is 34.9 Å². The minimum absolute atomic E-state index is 0.335. The van der Waals surface area contributed by atoms with Crippen LogP contribution in [-0.2, 0) is 9.53 Å². The summed E-state index contributed by atoms with van der Waals surface area (Å²) in [5.41, 5.74) is 0.105. The van der Waals surface area contributed by atoms with Crippen molar-refractivity contribution in [2.75, 3.05) is 5.32 Å². The van der Waals surface area contributed by atoms with Crippen LogP contribution in [0.1, 0.15) is 27.7 Å². The van der Waals surface area contributed by atoms with Crippen LogP contribution in [0, 0.1) is 0 Å². The molecule has 1 aromatic carbocycles. The smallest absolute Gasteiger partial charge is 0.328 e. The molecule has 1 rings (SSSR count). The van der Waals surface area contributed by atoms with Gasteiger partial charge >= 0.3 is 5.97 Å². The quantitative estimate of drug-likeness (QED) is 0.850. The summed E-state index contributed by atoms with van der Waals surface area (Å²) in [5.74, 6) is -0.335. The van der Waals surface area contributed by atoms with Crippen molar-refractivity contribution in [1.82, 2.24) is 0 Å². The fourth-order valence-corrected chi connectivity index (χ4v) is 1.65. The molecular formula is C13H17Cl2NO2. The molecular weight excluding hydrogens is 273 g/mol. The molecule has 1 aromatic rings. The lowest BCUT2D eigenvalue weighted by atomic mass is 10.2. The first-order valence-corrected chi connectivity index (χ1v) is 6.39. The number of esters is 1. The summed E-state index contributed by atoms with van der Waals surface area (Å²) in [4.78, 5) is 11.8. The maximum atomic E-state index is 11.8. The highest BCUT2D eigenvalue weighted by molar-refractivity contribution is 6.43. The van der Waals surface area contributed by atoms with E-state index >= 15 is 0 Å². The van der Waals surface area contributed by atoms with Gasteiger partial charge in [0.2, 0.25) is 0 Å².